The van der Waals surface area contributed by atoms with Gasteiger partial charge in [0.1, 0.15) is 0 Å². The minimum atomic E-state index is -0.588. The number of H-pyrrole nitrogens is 1. The Kier molecular flexibility index (Phi) is 5.48. The predicted molar refractivity (Wildman–Crippen MR) is 104 cm³/mol. The fourth-order valence-corrected chi connectivity index (χ4v) is 3.44. The maximum absolute atomic E-state index is 12.3. The average Bonchev–Trinajstić information content (AvgIpc) is 3.04. The van der Waals surface area contributed by atoms with Gasteiger partial charge in [0.15, 0.2) is 27.1 Å². The Balaban J connectivity index is 1.75. The summed E-state index contributed by atoms with van der Waals surface area (Å²) in [5.74, 6) is 0.0463. The van der Waals surface area contributed by atoms with E-state index in [1.807, 2.05) is 31.2 Å². The van der Waals surface area contributed by atoms with Crippen LogP contribution in [0.5, 0.6) is 0 Å². The van der Waals surface area contributed by atoms with E-state index >= 15 is 0 Å². The molecule has 0 unspecified atom stereocenters. The second-order valence-corrected chi connectivity index (χ2v) is 7.15. The van der Waals surface area contributed by atoms with Crippen LogP contribution in [0.3, 0.4) is 0 Å². The van der Waals surface area contributed by atoms with Crippen molar-refractivity contribution >= 4 is 45.1 Å². The summed E-state index contributed by atoms with van der Waals surface area (Å²) in [7, 11) is 0. The number of hydrogen-bond donors (Lipinski definition) is 3. The SMILES string of the molecule is Cc1ccccc1CSc1nc(N)c(NC(=O)c2ccc(Br)o2)c(=O)[nH]1. The Hall–Kier alpha value is -2.52. The molecular weight excluding hydrogens is 420 g/mol. The van der Waals surface area contributed by atoms with Crippen LogP contribution in [0.1, 0.15) is 21.7 Å². The van der Waals surface area contributed by atoms with Gasteiger partial charge < -0.3 is 15.5 Å². The van der Waals surface area contributed by atoms with Crippen LogP contribution in [0.15, 0.2) is 55.4 Å². The number of anilines is 2. The summed E-state index contributed by atoms with van der Waals surface area (Å²) in [6.45, 7) is 2.02. The number of hydrogen-bond acceptors (Lipinski definition) is 6. The monoisotopic (exact) mass is 434 g/mol. The lowest BCUT2D eigenvalue weighted by Crippen LogP contribution is -2.22. The lowest BCUT2D eigenvalue weighted by molar-refractivity contribution is 0.0995. The molecule has 7 nitrogen and oxygen atoms in total. The maximum Gasteiger partial charge on any atom is 0.291 e. The number of aromatic nitrogens is 2. The third-order valence-corrected chi connectivity index (χ3v) is 4.94. The van der Waals surface area contributed by atoms with Crippen molar-refractivity contribution in [3.8, 4) is 0 Å². The Labute approximate surface area is 161 Å². The molecule has 0 saturated carbocycles. The van der Waals surface area contributed by atoms with Crippen molar-refractivity contribution in [1.82, 2.24) is 9.97 Å². The molecule has 9 heteroatoms. The lowest BCUT2D eigenvalue weighted by Gasteiger charge is -2.08. The fourth-order valence-electron chi connectivity index (χ4n) is 2.19. The molecule has 1 aromatic carbocycles. The number of amides is 1. The van der Waals surface area contributed by atoms with Gasteiger partial charge in [-0.15, -0.1) is 0 Å². The van der Waals surface area contributed by atoms with Crippen molar-refractivity contribution in [3.05, 3.63) is 68.3 Å². The zero-order valence-electron chi connectivity index (χ0n) is 13.7. The molecule has 26 heavy (non-hydrogen) atoms. The van der Waals surface area contributed by atoms with E-state index in [9.17, 15) is 9.59 Å². The molecule has 0 fully saturated rings. The van der Waals surface area contributed by atoms with Gasteiger partial charge in [-0.3, -0.25) is 14.6 Å². The van der Waals surface area contributed by atoms with Crippen molar-refractivity contribution in [3.63, 3.8) is 0 Å². The van der Waals surface area contributed by atoms with Gasteiger partial charge >= 0.3 is 0 Å². The number of nitrogens with zero attached hydrogens (tertiary/aromatic N) is 1. The summed E-state index contributed by atoms with van der Waals surface area (Å²) >= 11 is 4.47. The summed E-state index contributed by atoms with van der Waals surface area (Å²) in [6.07, 6.45) is 0. The van der Waals surface area contributed by atoms with Crippen molar-refractivity contribution in [2.75, 3.05) is 11.1 Å². The van der Waals surface area contributed by atoms with E-state index in [0.29, 0.717) is 15.6 Å². The van der Waals surface area contributed by atoms with Crippen LogP contribution in [0.4, 0.5) is 11.5 Å². The molecule has 0 aliphatic heterocycles. The average molecular weight is 435 g/mol. The zero-order chi connectivity index (χ0) is 18.7. The smallest absolute Gasteiger partial charge is 0.291 e. The number of carbonyl (C=O) groups excluding carboxylic acids is 1. The number of halogens is 1. The van der Waals surface area contributed by atoms with Crippen molar-refractivity contribution in [1.29, 1.82) is 0 Å². The number of aromatic amines is 1. The van der Waals surface area contributed by atoms with Crippen LogP contribution in [0, 0.1) is 6.92 Å². The molecule has 3 aromatic rings. The van der Waals surface area contributed by atoms with Gasteiger partial charge in [0, 0.05) is 5.75 Å². The number of benzene rings is 1. The fraction of sp³-hybridized carbons (Fsp3) is 0.118. The zero-order valence-corrected chi connectivity index (χ0v) is 16.1. The van der Waals surface area contributed by atoms with Crippen LogP contribution in [-0.2, 0) is 5.75 Å². The largest absolute Gasteiger partial charge is 0.444 e. The highest BCUT2D eigenvalue weighted by molar-refractivity contribution is 9.10. The number of nitrogens with one attached hydrogen (secondary N) is 2. The van der Waals surface area contributed by atoms with Gasteiger partial charge in [-0.25, -0.2) is 4.98 Å². The standard InChI is InChI=1S/C17H15BrN4O3S/c1-9-4-2-3-5-10(9)8-26-17-21-14(19)13(16(24)22-17)20-15(23)11-6-7-12(18)25-11/h2-7H,8H2,1H3,(H,20,23)(H3,19,21,22,24). The highest BCUT2D eigenvalue weighted by Crippen LogP contribution is 2.23. The molecule has 2 aromatic heterocycles. The second-order valence-electron chi connectivity index (χ2n) is 5.40. The van der Waals surface area contributed by atoms with Crippen molar-refractivity contribution in [2.24, 2.45) is 0 Å². The van der Waals surface area contributed by atoms with Gasteiger partial charge in [-0.1, -0.05) is 36.0 Å². The minimum Gasteiger partial charge on any atom is -0.444 e. The summed E-state index contributed by atoms with van der Waals surface area (Å²) in [5.41, 5.74) is 7.52. The number of thioether (sulfide) groups is 1. The predicted octanol–water partition coefficient (Wildman–Crippen LogP) is 3.56. The quantitative estimate of drug-likeness (QED) is 0.417. The summed E-state index contributed by atoms with van der Waals surface area (Å²) in [6, 6.07) is 11.0. The maximum atomic E-state index is 12.3. The first kappa shape index (κ1) is 18.3. The van der Waals surface area contributed by atoms with Crippen LogP contribution in [0.25, 0.3) is 0 Å². The van der Waals surface area contributed by atoms with E-state index in [-0.39, 0.29) is 17.3 Å². The summed E-state index contributed by atoms with van der Waals surface area (Å²) in [4.78, 5) is 31.2. The lowest BCUT2D eigenvalue weighted by atomic mass is 10.1. The number of carbonyl (C=O) groups is 1. The van der Waals surface area contributed by atoms with Gasteiger partial charge in [0.2, 0.25) is 0 Å². The van der Waals surface area contributed by atoms with Gasteiger partial charge in [-0.05, 0) is 46.1 Å². The Morgan fingerprint density at radius 1 is 1.35 bits per heavy atom. The van der Waals surface area contributed by atoms with Crippen molar-refractivity contribution in [2.45, 2.75) is 17.8 Å². The third kappa shape index (κ3) is 4.17. The highest BCUT2D eigenvalue weighted by atomic mass is 79.9. The number of aryl methyl sites for hydroxylation is 1. The van der Waals surface area contributed by atoms with E-state index in [0.717, 1.165) is 11.1 Å². The van der Waals surface area contributed by atoms with E-state index in [2.05, 4.69) is 31.2 Å². The summed E-state index contributed by atoms with van der Waals surface area (Å²) in [5, 5.41) is 2.81. The minimum absolute atomic E-state index is 0.0497. The molecule has 0 bridgehead atoms. The van der Waals surface area contributed by atoms with Crippen LogP contribution in [0.2, 0.25) is 0 Å². The molecule has 3 rings (SSSR count). The molecule has 0 spiro atoms. The first-order valence-electron chi connectivity index (χ1n) is 7.58. The normalized spacial score (nSPS) is 10.7. The summed E-state index contributed by atoms with van der Waals surface area (Å²) < 4.78 is 5.55. The molecule has 0 saturated heterocycles. The molecule has 0 radical (unpaired) electrons. The Bertz CT molecular complexity index is 1020. The Morgan fingerprint density at radius 3 is 2.77 bits per heavy atom. The second kappa shape index (κ2) is 7.79. The van der Waals surface area contributed by atoms with Crippen LogP contribution >= 0.6 is 27.7 Å². The molecule has 2 heterocycles. The first-order valence-corrected chi connectivity index (χ1v) is 9.35. The topological polar surface area (TPSA) is 114 Å². The highest BCUT2D eigenvalue weighted by Gasteiger charge is 2.16. The molecule has 0 aliphatic carbocycles. The molecule has 1 amide bonds. The molecule has 4 N–H and O–H groups in total. The number of furan rings is 1. The first-order chi connectivity index (χ1) is 12.4. The van der Waals surface area contributed by atoms with Gasteiger partial charge in [-0.2, -0.15) is 0 Å². The van der Waals surface area contributed by atoms with E-state index in [4.69, 9.17) is 10.2 Å². The Morgan fingerprint density at radius 2 is 2.12 bits per heavy atom. The number of nitrogen functional groups attached to an aromatic ring is 1. The van der Waals surface area contributed by atoms with Crippen LogP contribution < -0.4 is 16.6 Å². The number of nitrogens with two attached hydrogens (primary N) is 1. The van der Waals surface area contributed by atoms with E-state index < -0.39 is 11.5 Å². The molecule has 0 aliphatic rings. The molecular formula is C17H15BrN4O3S. The van der Waals surface area contributed by atoms with Crippen LogP contribution in [-0.4, -0.2) is 15.9 Å². The third-order valence-electron chi connectivity index (χ3n) is 3.59. The van der Waals surface area contributed by atoms with Gasteiger partial charge in [0.25, 0.3) is 11.5 Å². The van der Waals surface area contributed by atoms with E-state index in [1.165, 1.54) is 17.8 Å². The number of rotatable bonds is 5. The van der Waals surface area contributed by atoms with Crippen molar-refractivity contribution < 1.29 is 9.21 Å². The molecule has 0 atom stereocenters. The van der Waals surface area contributed by atoms with Gasteiger partial charge in [0.05, 0.1) is 0 Å². The molecule has 134 valence electrons. The van der Waals surface area contributed by atoms with E-state index in [1.54, 1.807) is 6.07 Å².